The molecule has 18 heavy (non-hydrogen) atoms. The van der Waals surface area contributed by atoms with Crippen LogP contribution >= 0.6 is 0 Å². The predicted octanol–water partition coefficient (Wildman–Crippen LogP) is 2.38. The second-order valence-electron chi connectivity index (χ2n) is 3.78. The van der Waals surface area contributed by atoms with E-state index in [9.17, 15) is 14.0 Å². The molecule has 5 heteroatoms. The van der Waals surface area contributed by atoms with Crippen molar-refractivity contribution < 1.29 is 23.5 Å². The number of esters is 2. The molecule has 0 aromatic heterocycles. The first kappa shape index (κ1) is 14.2. The van der Waals surface area contributed by atoms with Crippen LogP contribution in [0.2, 0.25) is 0 Å². The molecule has 0 aliphatic rings. The minimum atomic E-state index is -0.539. The van der Waals surface area contributed by atoms with Crippen molar-refractivity contribution in [2.75, 3.05) is 6.61 Å². The Bertz CT molecular complexity index is 414. The van der Waals surface area contributed by atoms with E-state index in [0.29, 0.717) is 12.0 Å². The van der Waals surface area contributed by atoms with E-state index in [1.807, 2.05) is 0 Å². The van der Waals surface area contributed by atoms with Crippen molar-refractivity contribution in [2.45, 2.75) is 26.4 Å². The minimum Gasteiger partial charge on any atom is -0.466 e. The van der Waals surface area contributed by atoms with Crippen molar-refractivity contribution in [3.8, 4) is 0 Å². The van der Waals surface area contributed by atoms with Gasteiger partial charge in [0.15, 0.2) is 0 Å². The zero-order valence-corrected chi connectivity index (χ0v) is 10.3. The Balaban J connectivity index is 2.68. The van der Waals surface area contributed by atoms with E-state index in [0.717, 1.165) is 0 Å². The fourth-order valence-corrected chi connectivity index (χ4v) is 1.48. The van der Waals surface area contributed by atoms with Gasteiger partial charge in [0.1, 0.15) is 11.9 Å². The molecule has 4 nitrogen and oxygen atoms in total. The Morgan fingerprint density at radius 3 is 2.28 bits per heavy atom. The molecule has 0 aliphatic heterocycles. The molecule has 1 atom stereocenters. The summed E-state index contributed by atoms with van der Waals surface area (Å²) in [6, 6.07) is 5.66. The van der Waals surface area contributed by atoms with Gasteiger partial charge in [-0.05, 0) is 17.7 Å². The van der Waals surface area contributed by atoms with Gasteiger partial charge in [0, 0.05) is 20.3 Å². The van der Waals surface area contributed by atoms with Crippen molar-refractivity contribution in [2.24, 2.45) is 0 Å². The van der Waals surface area contributed by atoms with Gasteiger partial charge in [-0.25, -0.2) is 4.39 Å². The van der Waals surface area contributed by atoms with Crippen molar-refractivity contribution in [3.63, 3.8) is 0 Å². The molecule has 0 spiro atoms. The molecular weight excluding hydrogens is 239 g/mol. The molecule has 0 amide bonds. The van der Waals surface area contributed by atoms with Crippen LogP contribution in [0.1, 0.15) is 31.9 Å². The summed E-state index contributed by atoms with van der Waals surface area (Å²) in [5, 5.41) is 0. The second kappa shape index (κ2) is 6.74. The highest BCUT2D eigenvalue weighted by atomic mass is 19.1. The molecule has 1 aromatic rings. The number of rotatable bonds is 5. The second-order valence-corrected chi connectivity index (χ2v) is 3.78. The topological polar surface area (TPSA) is 52.6 Å². The Hall–Kier alpha value is -1.91. The zero-order chi connectivity index (χ0) is 13.5. The molecule has 98 valence electrons. The van der Waals surface area contributed by atoms with Gasteiger partial charge >= 0.3 is 11.9 Å². The van der Waals surface area contributed by atoms with E-state index in [1.54, 1.807) is 0 Å². The lowest BCUT2D eigenvalue weighted by molar-refractivity contribution is -0.149. The fraction of sp³-hybridized carbons (Fsp3) is 0.385. The molecule has 0 saturated heterocycles. The van der Waals surface area contributed by atoms with E-state index < -0.39 is 18.0 Å². The van der Waals surface area contributed by atoms with Crippen LogP contribution < -0.4 is 0 Å². The first-order chi connectivity index (χ1) is 8.49. The summed E-state index contributed by atoms with van der Waals surface area (Å²) >= 11 is 0. The number of carbonyl (C=O) groups excluding carboxylic acids is 2. The monoisotopic (exact) mass is 254 g/mol. The van der Waals surface area contributed by atoms with Crippen LogP contribution in [0.5, 0.6) is 0 Å². The molecular formula is C13H15FO4. The summed E-state index contributed by atoms with van der Waals surface area (Å²) in [5.74, 6) is -1.19. The highest BCUT2D eigenvalue weighted by Crippen LogP contribution is 2.21. The van der Waals surface area contributed by atoms with Gasteiger partial charge in [-0.15, -0.1) is 0 Å². The maximum atomic E-state index is 12.8. The van der Waals surface area contributed by atoms with Gasteiger partial charge in [0.25, 0.3) is 0 Å². The fourth-order valence-electron chi connectivity index (χ4n) is 1.48. The maximum Gasteiger partial charge on any atom is 0.303 e. The Labute approximate surface area is 105 Å². The summed E-state index contributed by atoms with van der Waals surface area (Å²) in [6.07, 6.45) is -0.201. The number of ether oxygens (including phenoxy) is 2. The van der Waals surface area contributed by atoms with Gasteiger partial charge in [0.2, 0.25) is 0 Å². The van der Waals surface area contributed by atoms with E-state index in [2.05, 4.69) is 0 Å². The number of hydrogen-bond acceptors (Lipinski definition) is 4. The van der Waals surface area contributed by atoms with Crippen LogP contribution in [0.25, 0.3) is 0 Å². The molecule has 0 N–H and O–H groups in total. The number of halogens is 1. The number of hydrogen-bond donors (Lipinski definition) is 0. The van der Waals surface area contributed by atoms with Crippen LogP contribution in [0, 0.1) is 5.82 Å². The minimum absolute atomic E-state index is 0.144. The Morgan fingerprint density at radius 2 is 1.78 bits per heavy atom. The smallest absolute Gasteiger partial charge is 0.303 e. The molecule has 0 aliphatic carbocycles. The van der Waals surface area contributed by atoms with E-state index >= 15 is 0 Å². The highest BCUT2D eigenvalue weighted by molar-refractivity contribution is 5.66. The zero-order valence-electron chi connectivity index (χ0n) is 10.3. The highest BCUT2D eigenvalue weighted by Gasteiger charge is 2.15. The average molecular weight is 254 g/mol. The van der Waals surface area contributed by atoms with E-state index in [4.69, 9.17) is 9.47 Å². The summed E-state index contributed by atoms with van der Waals surface area (Å²) in [6.45, 7) is 2.74. The molecule has 1 aromatic carbocycles. The molecule has 0 bridgehead atoms. The molecule has 1 rings (SSSR count). The van der Waals surface area contributed by atoms with Crippen molar-refractivity contribution in [1.82, 2.24) is 0 Å². The third-order valence-corrected chi connectivity index (χ3v) is 2.24. The molecule has 0 saturated carbocycles. The van der Waals surface area contributed by atoms with Crippen LogP contribution in [-0.4, -0.2) is 18.5 Å². The quantitative estimate of drug-likeness (QED) is 0.757. The summed E-state index contributed by atoms with van der Waals surface area (Å²) in [4.78, 5) is 21.6. The van der Waals surface area contributed by atoms with Gasteiger partial charge in [-0.1, -0.05) is 12.1 Å². The van der Waals surface area contributed by atoms with Crippen LogP contribution in [0.4, 0.5) is 4.39 Å². The van der Waals surface area contributed by atoms with Crippen LogP contribution in [0.3, 0.4) is 0 Å². The summed E-state index contributed by atoms with van der Waals surface area (Å²) < 4.78 is 22.7. The molecule has 0 fully saturated rings. The third-order valence-electron chi connectivity index (χ3n) is 2.24. The standard InChI is InChI=1S/C13H15FO4/c1-9(15)17-8-7-13(18-10(2)16)11-3-5-12(14)6-4-11/h3-6,13H,7-8H2,1-2H3. The van der Waals surface area contributed by atoms with Crippen LogP contribution in [0.15, 0.2) is 24.3 Å². The molecule has 0 heterocycles. The Morgan fingerprint density at radius 1 is 1.17 bits per heavy atom. The number of benzene rings is 1. The average Bonchev–Trinajstić information content (AvgIpc) is 2.28. The lowest BCUT2D eigenvalue weighted by atomic mass is 10.1. The van der Waals surface area contributed by atoms with Crippen molar-refractivity contribution in [3.05, 3.63) is 35.6 Å². The van der Waals surface area contributed by atoms with Gasteiger partial charge < -0.3 is 9.47 Å². The van der Waals surface area contributed by atoms with Crippen molar-refractivity contribution >= 4 is 11.9 Å². The van der Waals surface area contributed by atoms with Gasteiger partial charge in [0.05, 0.1) is 6.61 Å². The van der Waals surface area contributed by atoms with Crippen LogP contribution in [-0.2, 0) is 19.1 Å². The first-order valence-electron chi connectivity index (χ1n) is 5.55. The third kappa shape index (κ3) is 4.95. The Kier molecular flexibility index (Phi) is 5.30. The maximum absolute atomic E-state index is 12.8. The SMILES string of the molecule is CC(=O)OCCC(OC(C)=O)c1ccc(F)cc1. The number of carbonyl (C=O) groups is 2. The summed E-state index contributed by atoms with van der Waals surface area (Å²) in [7, 11) is 0. The normalized spacial score (nSPS) is 11.7. The van der Waals surface area contributed by atoms with Gasteiger partial charge in [-0.3, -0.25) is 9.59 Å². The lowest BCUT2D eigenvalue weighted by Crippen LogP contribution is -2.12. The largest absolute Gasteiger partial charge is 0.466 e. The van der Waals surface area contributed by atoms with Gasteiger partial charge in [-0.2, -0.15) is 0 Å². The predicted molar refractivity (Wildman–Crippen MR) is 62.2 cm³/mol. The van der Waals surface area contributed by atoms with E-state index in [-0.39, 0.29) is 12.4 Å². The summed E-state index contributed by atoms with van der Waals surface area (Å²) in [5.41, 5.74) is 0.666. The van der Waals surface area contributed by atoms with Crippen molar-refractivity contribution in [1.29, 1.82) is 0 Å². The lowest BCUT2D eigenvalue weighted by Gasteiger charge is -2.17. The first-order valence-corrected chi connectivity index (χ1v) is 5.55. The van der Waals surface area contributed by atoms with E-state index in [1.165, 1.54) is 38.1 Å². The molecule has 1 unspecified atom stereocenters. The molecule has 0 radical (unpaired) electrons.